The van der Waals surface area contributed by atoms with Crippen molar-refractivity contribution in [3.05, 3.63) is 65.5 Å². The molecule has 0 aliphatic carbocycles. The van der Waals surface area contributed by atoms with Crippen molar-refractivity contribution in [2.24, 2.45) is 0 Å². The third-order valence-electron chi connectivity index (χ3n) is 5.18. The van der Waals surface area contributed by atoms with Crippen LogP contribution in [0.3, 0.4) is 0 Å². The summed E-state index contributed by atoms with van der Waals surface area (Å²) in [7, 11) is 0. The molecule has 2 aromatic rings. The Labute approximate surface area is 162 Å². The highest BCUT2D eigenvalue weighted by molar-refractivity contribution is 6.07. The first kappa shape index (κ1) is 18.4. The van der Waals surface area contributed by atoms with Gasteiger partial charge in [-0.15, -0.1) is 0 Å². The van der Waals surface area contributed by atoms with Gasteiger partial charge in [-0.3, -0.25) is 9.69 Å². The van der Waals surface area contributed by atoms with E-state index in [4.69, 9.17) is 9.47 Å². The van der Waals surface area contributed by atoms with E-state index in [0.29, 0.717) is 38.4 Å². The van der Waals surface area contributed by atoms with Gasteiger partial charge in [0, 0.05) is 26.1 Å². The monoisotopic (exact) mass is 384 g/mol. The number of hydrogen-bond acceptors (Lipinski definition) is 4. The van der Waals surface area contributed by atoms with Gasteiger partial charge in [0.25, 0.3) is 5.91 Å². The minimum absolute atomic E-state index is 0.183. The fraction of sp³-hybridized carbons (Fsp3) is 0.333. The lowest BCUT2D eigenvalue weighted by molar-refractivity contribution is -0.134. The molecule has 4 rings (SSSR count). The maximum atomic E-state index is 12.9. The summed E-state index contributed by atoms with van der Waals surface area (Å²) in [6.45, 7) is 1.49. The Morgan fingerprint density at radius 2 is 1.64 bits per heavy atom. The number of carbonyl (C=O) groups is 2. The molecule has 2 heterocycles. The van der Waals surface area contributed by atoms with E-state index in [1.54, 1.807) is 24.3 Å². The van der Waals surface area contributed by atoms with Gasteiger partial charge in [-0.2, -0.15) is 0 Å². The predicted molar refractivity (Wildman–Crippen MR) is 99.0 cm³/mol. The Morgan fingerprint density at radius 3 is 2.32 bits per heavy atom. The number of ether oxygens (including phenoxy) is 2. The van der Waals surface area contributed by atoms with Crippen molar-refractivity contribution >= 4 is 11.9 Å². The Kier molecular flexibility index (Phi) is 5.00. The molecule has 0 bridgehead atoms. The molecule has 2 aliphatic heterocycles. The number of imide groups is 1. The molecule has 6 nitrogen and oxygen atoms in total. The van der Waals surface area contributed by atoms with Crippen LogP contribution < -0.4 is 10.1 Å². The van der Waals surface area contributed by atoms with E-state index < -0.39 is 5.54 Å². The maximum absolute atomic E-state index is 12.9. The Bertz CT molecular complexity index is 861. The number of urea groups is 1. The van der Waals surface area contributed by atoms with Crippen LogP contribution in [0.2, 0.25) is 0 Å². The van der Waals surface area contributed by atoms with Gasteiger partial charge in [0.15, 0.2) is 0 Å². The zero-order chi connectivity index (χ0) is 19.6. The molecule has 1 spiro atoms. The van der Waals surface area contributed by atoms with Crippen molar-refractivity contribution in [1.82, 2.24) is 10.2 Å². The predicted octanol–water partition coefficient (Wildman–Crippen LogP) is 3.01. The summed E-state index contributed by atoms with van der Waals surface area (Å²) in [6, 6.07) is 13.0. The van der Waals surface area contributed by atoms with Gasteiger partial charge in [0.05, 0.1) is 6.54 Å². The van der Waals surface area contributed by atoms with Crippen LogP contribution >= 0.6 is 0 Å². The fourth-order valence-corrected chi connectivity index (χ4v) is 3.50. The van der Waals surface area contributed by atoms with Crippen LogP contribution in [-0.2, 0) is 22.7 Å². The summed E-state index contributed by atoms with van der Waals surface area (Å²) >= 11 is 0. The fourth-order valence-electron chi connectivity index (χ4n) is 3.50. The van der Waals surface area contributed by atoms with E-state index in [-0.39, 0.29) is 24.3 Å². The molecule has 146 valence electrons. The largest absolute Gasteiger partial charge is 0.489 e. The van der Waals surface area contributed by atoms with Gasteiger partial charge >= 0.3 is 6.03 Å². The van der Waals surface area contributed by atoms with Crippen LogP contribution in [0.5, 0.6) is 5.75 Å². The molecule has 0 saturated carbocycles. The van der Waals surface area contributed by atoms with Gasteiger partial charge in [-0.25, -0.2) is 9.18 Å². The van der Waals surface area contributed by atoms with E-state index >= 15 is 0 Å². The molecule has 0 radical (unpaired) electrons. The molecule has 7 heteroatoms. The number of amides is 3. The number of carbonyl (C=O) groups excluding carboxylic acids is 2. The molecule has 3 amide bonds. The summed E-state index contributed by atoms with van der Waals surface area (Å²) in [5.41, 5.74) is 0.890. The quantitative estimate of drug-likeness (QED) is 0.805. The topological polar surface area (TPSA) is 67.9 Å². The molecule has 2 aliphatic rings. The minimum Gasteiger partial charge on any atom is -0.489 e. The summed E-state index contributed by atoms with van der Waals surface area (Å²) in [5.74, 6) is 0.194. The van der Waals surface area contributed by atoms with Crippen molar-refractivity contribution in [2.45, 2.75) is 31.5 Å². The zero-order valence-electron chi connectivity index (χ0n) is 15.3. The van der Waals surface area contributed by atoms with Gasteiger partial charge < -0.3 is 14.8 Å². The second-order valence-electron chi connectivity index (χ2n) is 7.08. The lowest BCUT2D eigenvalue weighted by Gasteiger charge is -2.30. The number of nitrogens with zero attached hydrogens (tertiary/aromatic N) is 1. The zero-order valence-corrected chi connectivity index (χ0v) is 15.3. The first-order chi connectivity index (χ1) is 13.6. The number of benzene rings is 2. The van der Waals surface area contributed by atoms with Crippen LogP contribution in [0.4, 0.5) is 9.18 Å². The van der Waals surface area contributed by atoms with Crippen molar-refractivity contribution in [3.63, 3.8) is 0 Å². The molecule has 0 aromatic heterocycles. The highest BCUT2D eigenvalue weighted by atomic mass is 19.1. The number of nitrogens with one attached hydrogen (secondary N) is 1. The molecule has 28 heavy (non-hydrogen) atoms. The summed E-state index contributed by atoms with van der Waals surface area (Å²) in [6.07, 6.45) is 1.01. The first-order valence-corrected chi connectivity index (χ1v) is 9.24. The lowest BCUT2D eigenvalue weighted by Crippen LogP contribution is -2.51. The third kappa shape index (κ3) is 3.71. The SMILES string of the molecule is O=C1NC2(CCOCC2)C(=O)N1Cc1ccc(OCc2ccc(F)cc2)cc1. The highest BCUT2D eigenvalue weighted by Crippen LogP contribution is 2.29. The molecule has 2 fully saturated rings. The Morgan fingerprint density at radius 1 is 1.00 bits per heavy atom. The summed E-state index contributed by atoms with van der Waals surface area (Å²) in [4.78, 5) is 26.4. The van der Waals surface area contributed by atoms with Gasteiger partial charge in [0.1, 0.15) is 23.7 Å². The van der Waals surface area contributed by atoms with Crippen molar-refractivity contribution in [1.29, 1.82) is 0 Å². The normalized spacial score (nSPS) is 18.4. The Hall–Kier alpha value is -2.93. The summed E-state index contributed by atoms with van der Waals surface area (Å²) < 4.78 is 23.9. The van der Waals surface area contributed by atoms with Crippen LogP contribution in [0.15, 0.2) is 48.5 Å². The molecular formula is C21H21FN2O4. The average Bonchev–Trinajstić information content (AvgIpc) is 2.93. The summed E-state index contributed by atoms with van der Waals surface area (Å²) in [5, 5.41) is 2.85. The molecule has 2 saturated heterocycles. The second kappa shape index (κ2) is 7.59. The average molecular weight is 384 g/mol. The van der Waals surface area contributed by atoms with Crippen molar-refractivity contribution < 1.29 is 23.5 Å². The molecule has 2 aromatic carbocycles. The number of rotatable bonds is 5. The molecule has 0 unspecified atom stereocenters. The van der Waals surface area contributed by atoms with Gasteiger partial charge in [-0.05, 0) is 35.4 Å². The van der Waals surface area contributed by atoms with Crippen molar-refractivity contribution in [2.75, 3.05) is 13.2 Å². The number of hydrogen-bond donors (Lipinski definition) is 1. The standard InChI is InChI=1S/C21H21FN2O4/c22-17-5-1-16(2-6-17)14-28-18-7-3-15(4-8-18)13-24-19(25)21(23-20(24)26)9-11-27-12-10-21/h1-8H,9-14H2,(H,23,26). The van der Waals surface area contributed by atoms with E-state index in [1.807, 2.05) is 12.1 Å². The van der Waals surface area contributed by atoms with Crippen LogP contribution in [0, 0.1) is 5.82 Å². The second-order valence-corrected chi connectivity index (χ2v) is 7.08. The van der Waals surface area contributed by atoms with Gasteiger partial charge in [0.2, 0.25) is 0 Å². The third-order valence-corrected chi connectivity index (χ3v) is 5.18. The van der Waals surface area contributed by atoms with Crippen LogP contribution in [0.1, 0.15) is 24.0 Å². The molecule has 0 atom stereocenters. The van der Waals surface area contributed by atoms with E-state index in [2.05, 4.69) is 5.32 Å². The molecule has 1 N–H and O–H groups in total. The maximum Gasteiger partial charge on any atom is 0.325 e. The van der Waals surface area contributed by atoms with E-state index in [9.17, 15) is 14.0 Å². The van der Waals surface area contributed by atoms with Crippen molar-refractivity contribution in [3.8, 4) is 5.75 Å². The van der Waals surface area contributed by atoms with E-state index in [1.165, 1.54) is 17.0 Å². The highest BCUT2D eigenvalue weighted by Gasteiger charge is 2.51. The first-order valence-electron chi connectivity index (χ1n) is 9.24. The lowest BCUT2D eigenvalue weighted by atomic mass is 9.90. The minimum atomic E-state index is -0.812. The van der Waals surface area contributed by atoms with Crippen LogP contribution in [-0.4, -0.2) is 35.6 Å². The number of halogens is 1. The smallest absolute Gasteiger partial charge is 0.325 e. The molecular weight excluding hydrogens is 363 g/mol. The Balaban J connectivity index is 1.37. The van der Waals surface area contributed by atoms with E-state index in [0.717, 1.165) is 11.1 Å². The van der Waals surface area contributed by atoms with Crippen LogP contribution in [0.25, 0.3) is 0 Å². The van der Waals surface area contributed by atoms with Gasteiger partial charge in [-0.1, -0.05) is 24.3 Å².